The zero-order valence-electron chi connectivity index (χ0n) is 17.5. The zero-order chi connectivity index (χ0) is 22.7. The van der Waals surface area contributed by atoms with E-state index in [2.05, 4.69) is 55.4 Å². The van der Waals surface area contributed by atoms with Crippen molar-refractivity contribution in [2.24, 2.45) is 11.1 Å². The van der Waals surface area contributed by atoms with Crippen LogP contribution in [-0.4, -0.2) is 49.9 Å². The highest BCUT2D eigenvalue weighted by atomic mass is 16.3. The third kappa shape index (κ3) is 3.66. The summed E-state index contributed by atoms with van der Waals surface area (Å²) >= 11 is 0. The van der Waals surface area contributed by atoms with E-state index < -0.39 is 0 Å². The number of carbonyl (C=O) groups is 1. The van der Waals surface area contributed by atoms with Gasteiger partial charge in [0, 0.05) is 19.1 Å². The second kappa shape index (κ2) is 8.90. The summed E-state index contributed by atoms with van der Waals surface area (Å²) in [7, 11) is 0. The van der Waals surface area contributed by atoms with Gasteiger partial charge in [-0.3, -0.25) is 9.89 Å². The van der Waals surface area contributed by atoms with Crippen molar-refractivity contribution in [2.75, 3.05) is 18.0 Å². The molecule has 0 unspecified atom stereocenters. The number of nitrogens with one attached hydrogen (secondary N) is 1. The third-order valence-corrected chi connectivity index (χ3v) is 6.57. The molecule has 1 aromatic carbocycles. The molecule has 2 aromatic heterocycles. The number of benzene rings is 1. The summed E-state index contributed by atoms with van der Waals surface area (Å²) in [6.45, 7) is 1.16. The molecule has 5 rings (SSSR count). The highest BCUT2D eigenvalue weighted by Crippen LogP contribution is 2.51. The number of aromatic amines is 1. The molecule has 166 valence electrons. The van der Waals surface area contributed by atoms with Crippen molar-refractivity contribution < 1.29 is 15.0 Å². The van der Waals surface area contributed by atoms with Gasteiger partial charge in [0.2, 0.25) is 5.65 Å². The molecule has 1 atom stereocenters. The number of hydrogen-bond acceptors (Lipinski definition) is 8. The first-order valence-corrected chi connectivity index (χ1v) is 10.4. The number of nitriles is 1. The number of nitrogens with zero attached hydrogens (tertiary/aromatic N) is 5. The van der Waals surface area contributed by atoms with Crippen LogP contribution >= 0.6 is 0 Å². The monoisotopic (exact) mass is 435 g/mol. The van der Waals surface area contributed by atoms with E-state index in [4.69, 9.17) is 20.9 Å². The summed E-state index contributed by atoms with van der Waals surface area (Å²) in [4.78, 5) is 19.8. The minimum absolute atomic E-state index is 0.0617. The van der Waals surface area contributed by atoms with Crippen molar-refractivity contribution in [3.05, 3.63) is 46.8 Å². The lowest BCUT2D eigenvalue weighted by Crippen LogP contribution is -2.45. The Balaban J connectivity index is 0.000000775. The molecule has 0 amide bonds. The van der Waals surface area contributed by atoms with Gasteiger partial charge in [-0.15, -0.1) is 0 Å². The number of aliphatic hydroxyl groups is 1. The van der Waals surface area contributed by atoms with E-state index >= 15 is 0 Å². The molecular formula is C22H25N7O3. The SMILES string of the molecule is N#CCc1[nH]nc2nc(N3CCC4(CC3)Cc3ccccc3[C@H]4N)c(CO)nc12.O=CO. The molecule has 5 N–H and O–H groups in total. The summed E-state index contributed by atoms with van der Waals surface area (Å²) in [5.41, 5.74) is 11.6. The van der Waals surface area contributed by atoms with Crippen LogP contribution in [0.5, 0.6) is 0 Å². The number of H-pyrrole nitrogens is 1. The molecule has 10 heteroatoms. The fraction of sp³-hybridized carbons (Fsp3) is 0.409. The molecule has 1 saturated heterocycles. The molecule has 0 bridgehead atoms. The van der Waals surface area contributed by atoms with Gasteiger partial charge in [0.25, 0.3) is 6.47 Å². The number of piperidine rings is 1. The normalized spacial score (nSPS) is 18.7. The lowest BCUT2D eigenvalue weighted by Gasteiger charge is -2.42. The molecule has 1 fully saturated rings. The zero-order valence-corrected chi connectivity index (χ0v) is 17.5. The van der Waals surface area contributed by atoms with Crippen molar-refractivity contribution in [1.29, 1.82) is 5.26 Å². The number of aliphatic hydroxyl groups excluding tert-OH is 1. The van der Waals surface area contributed by atoms with Crippen LogP contribution in [0.4, 0.5) is 5.82 Å². The molecule has 0 radical (unpaired) electrons. The van der Waals surface area contributed by atoms with Crippen LogP contribution in [-0.2, 0) is 24.2 Å². The van der Waals surface area contributed by atoms with Crippen molar-refractivity contribution in [3.8, 4) is 6.07 Å². The van der Waals surface area contributed by atoms with Crippen molar-refractivity contribution in [1.82, 2.24) is 20.2 Å². The van der Waals surface area contributed by atoms with Crippen LogP contribution in [0.1, 0.15) is 41.4 Å². The van der Waals surface area contributed by atoms with Crippen LogP contribution in [0, 0.1) is 16.7 Å². The average molecular weight is 435 g/mol. The number of carboxylic acid groups (broad SMARTS) is 1. The van der Waals surface area contributed by atoms with Crippen LogP contribution < -0.4 is 10.6 Å². The van der Waals surface area contributed by atoms with Gasteiger partial charge in [-0.25, -0.2) is 9.97 Å². The van der Waals surface area contributed by atoms with Crippen LogP contribution in [0.2, 0.25) is 0 Å². The minimum Gasteiger partial charge on any atom is -0.483 e. The first-order valence-electron chi connectivity index (χ1n) is 10.4. The van der Waals surface area contributed by atoms with Crippen LogP contribution in [0.15, 0.2) is 24.3 Å². The summed E-state index contributed by atoms with van der Waals surface area (Å²) in [5, 5.41) is 32.8. The van der Waals surface area contributed by atoms with Gasteiger partial charge in [-0.1, -0.05) is 24.3 Å². The Labute approximate surface area is 184 Å². The smallest absolute Gasteiger partial charge is 0.290 e. The van der Waals surface area contributed by atoms with Crippen LogP contribution in [0.3, 0.4) is 0 Å². The van der Waals surface area contributed by atoms with Gasteiger partial charge < -0.3 is 20.8 Å². The fourth-order valence-corrected chi connectivity index (χ4v) is 4.94. The number of hydrogen-bond donors (Lipinski definition) is 4. The highest BCUT2D eigenvalue weighted by molar-refractivity contribution is 5.75. The minimum atomic E-state index is -0.250. The van der Waals surface area contributed by atoms with E-state index in [0.29, 0.717) is 28.4 Å². The van der Waals surface area contributed by atoms with E-state index in [9.17, 15) is 5.11 Å². The Kier molecular flexibility index (Phi) is 6.03. The Bertz CT molecular complexity index is 1160. The molecule has 3 aromatic rings. The van der Waals surface area contributed by atoms with E-state index in [1.54, 1.807) is 0 Å². The number of aromatic nitrogens is 4. The molecule has 32 heavy (non-hydrogen) atoms. The number of anilines is 1. The first kappa shape index (κ1) is 21.7. The largest absolute Gasteiger partial charge is 0.483 e. The fourth-order valence-electron chi connectivity index (χ4n) is 4.94. The van der Waals surface area contributed by atoms with E-state index in [-0.39, 0.29) is 31.0 Å². The standard InChI is InChI=1S/C21H23N7O.CH2O2/c22-8-5-15-17-19(27-26-15)25-20(16(12-29)24-17)28-9-6-21(7-10-28)11-13-3-1-2-4-14(13)18(21)23;2-1-3/h1-4,18,29H,5-7,9-12,23H2,(H,25,26,27);1H,(H,2,3)/t18-;/m1./s1. The summed E-state index contributed by atoms with van der Waals surface area (Å²) in [6.07, 6.45) is 3.13. The van der Waals surface area contributed by atoms with Crippen molar-refractivity contribution >= 4 is 23.5 Å². The third-order valence-electron chi connectivity index (χ3n) is 6.57. The number of nitrogens with two attached hydrogens (primary N) is 1. The molecule has 2 aliphatic rings. The van der Waals surface area contributed by atoms with E-state index in [0.717, 1.165) is 32.4 Å². The summed E-state index contributed by atoms with van der Waals surface area (Å²) < 4.78 is 0. The van der Waals surface area contributed by atoms with Gasteiger partial charge in [0.05, 0.1) is 24.8 Å². The van der Waals surface area contributed by atoms with Gasteiger partial charge in [0.15, 0.2) is 5.82 Å². The molecule has 1 aliphatic carbocycles. The molecule has 1 spiro atoms. The van der Waals surface area contributed by atoms with E-state index in [1.165, 1.54) is 11.1 Å². The molecule has 0 saturated carbocycles. The Morgan fingerprint density at radius 2 is 2.03 bits per heavy atom. The number of rotatable bonds is 3. The van der Waals surface area contributed by atoms with Gasteiger partial charge >= 0.3 is 0 Å². The topological polar surface area (TPSA) is 165 Å². The van der Waals surface area contributed by atoms with Crippen molar-refractivity contribution in [2.45, 2.75) is 38.3 Å². The Morgan fingerprint density at radius 3 is 2.69 bits per heavy atom. The van der Waals surface area contributed by atoms with Gasteiger partial charge in [0.1, 0.15) is 11.2 Å². The molecular weight excluding hydrogens is 410 g/mol. The van der Waals surface area contributed by atoms with Gasteiger partial charge in [-0.05, 0) is 35.8 Å². The van der Waals surface area contributed by atoms with Crippen LogP contribution in [0.25, 0.3) is 11.2 Å². The molecule has 3 heterocycles. The number of fused-ring (bicyclic) bond motifs is 2. The average Bonchev–Trinajstić information content (AvgIpc) is 3.33. The lowest BCUT2D eigenvalue weighted by molar-refractivity contribution is -0.122. The van der Waals surface area contributed by atoms with E-state index in [1.807, 2.05) is 0 Å². The maximum absolute atomic E-state index is 9.89. The second-order valence-corrected chi connectivity index (χ2v) is 8.17. The van der Waals surface area contributed by atoms with Crippen molar-refractivity contribution in [3.63, 3.8) is 0 Å². The second-order valence-electron chi connectivity index (χ2n) is 8.17. The molecule has 10 nitrogen and oxygen atoms in total. The quantitative estimate of drug-likeness (QED) is 0.445. The predicted octanol–water partition coefficient (Wildman–Crippen LogP) is 1.45. The maximum Gasteiger partial charge on any atom is 0.290 e. The van der Waals surface area contributed by atoms with Gasteiger partial charge in [-0.2, -0.15) is 10.4 Å². The Morgan fingerprint density at radius 1 is 1.31 bits per heavy atom. The highest BCUT2D eigenvalue weighted by Gasteiger charge is 2.46. The summed E-state index contributed by atoms with van der Waals surface area (Å²) in [6, 6.07) is 10.7. The predicted molar refractivity (Wildman–Crippen MR) is 117 cm³/mol. The molecule has 1 aliphatic heterocycles. The first-order chi connectivity index (χ1) is 15.6. The maximum atomic E-state index is 9.89. The summed E-state index contributed by atoms with van der Waals surface area (Å²) in [5.74, 6) is 0.675. The lowest BCUT2D eigenvalue weighted by atomic mass is 9.73. The Hall–Kier alpha value is -3.55.